The zero-order valence-electron chi connectivity index (χ0n) is 15.1. The summed E-state index contributed by atoms with van der Waals surface area (Å²) in [5, 5.41) is 5.51. The lowest BCUT2D eigenvalue weighted by Crippen LogP contribution is -2.47. The number of aromatic nitrogens is 3. The van der Waals surface area contributed by atoms with Gasteiger partial charge in [-0.25, -0.2) is 0 Å². The van der Waals surface area contributed by atoms with Gasteiger partial charge in [-0.3, -0.25) is 0 Å². The third kappa shape index (κ3) is 7.48. The molecular weight excluding hydrogens is 368 g/mol. The molecule has 1 rings (SSSR count). The first kappa shape index (κ1) is 22.0. The summed E-state index contributed by atoms with van der Waals surface area (Å²) >= 11 is 0. The van der Waals surface area contributed by atoms with Crippen LogP contribution in [0.5, 0.6) is 6.01 Å². The van der Waals surface area contributed by atoms with Crippen molar-refractivity contribution in [3.8, 4) is 6.01 Å². The first-order valence-corrected chi connectivity index (χ1v) is 7.49. The molecule has 0 aliphatic carbocycles. The smallest absolute Gasteiger partial charge is 0.434 e. The molecule has 0 aromatic carbocycles. The standard InChI is InChI=1S/C14H21F6N5O/c1-11(2,3)24-8-21-9(25-12(4,5)6)23-10(22-8)26-7(13(15,16)17)14(18,19)20/h7H,1-6H3,(H2,21,22,23,24,25). The summed E-state index contributed by atoms with van der Waals surface area (Å²) in [4.78, 5) is 11.0. The van der Waals surface area contributed by atoms with Crippen molar-refractivity contribution in [2.45, 2.75) is 71.1 Å². The average molecular weight is 389 g/mol. The third-order valence-corrected chi connectivity index (χ3v) is 2.41. The highest BCUT2D eigenvalue weighted by Crippen LogP contribution is 2.36. The first-order chi connectivity index (χ1) is 11.4. The van der Waals surface area contributed by atoms with Crippen LogP contribution in [-0.4, -0.2) is 44.5 Å². The van der Waals surface area contributed by atoms with E-state index in [2.05, 4.69) is 30.3 Å². The lowest BCUT2D eigenvalue weighted by molar-refractivity contribution is -0.301. The van der Waals surface area contributed by atoms with Gasteiger partial charge in [-0.15, -0.1) is 0 Å². The Balaban J connectivity index is 3.31. The molecule has 0 unspecified atom stereocenters. The maximum absolute atomic E-state index is 12.7. The van der Waals surface area contributed by atoms with Crippen LogP contribution in [0.4, 0.5) is 38.2 Å². The molecule has 150 valence electrons. The van der Waals surface area contributed by atoms with Gasteiger partial charge < -0.3 is 15.4 Å². The van der Waals surface area contributed by atoms with Crippen molar-refractivity contribution in [2.24, 2.45) is 0 Å². The number of anilines is 2. The molecule has 0 atom stereocenters. The highest BCUT2D eigenvalue weighted by atomic mass is 19.4. The van der Waals surface area contributed by atoms with Crippen LogP contribution < -0.4 is 15.4 Å². The Morgan fingerprint density at radius 2 is 1.04 bits per heavy atom. The molecular formula is C14H21F6N5O. The van der Waals surface area contributed by atoms with E-state index < -0.39 is 35.5 Å². The number of alkyl halides is 6. The topological polar surface area (TPSA) is 72.0 Å². The minimum atomic E-state index is -5.68. The van der Waals surface area contributed by atoms with Crippen LogP contribution in [0.15, 0.2) is 0 Å². The van der Waals surface area contributed by atoms with Gasteiger partial charge in [0, 0.05) is 11.1 Å². The molecule has 12 heteroatoms. The largest absolute Gasteiger partial charge is 0.440 e. The first-order valence-electron chi connectivity index (χ1n) is 7.49. The molecule has 1 aromatic heterocycles. The molecule has 1 heterocycles. The van der Waals surface area contributed by atoms with E-state index >= 15 is 0 Å². The van der Waals surface area contributed by atoms with E-state index in [0.29, 0.717) is 0 Å². The van der Waals surface area contributed by atoms with Crippen LogP contribution in [0.1, 0.15) is 41.5 Å². The van der Waals surface area contributed by atoms with Gasteiger partial charge in [-0.2, -0.15) is 41.3 Å². The molecule has 0 aliphatic heterocycles. The van der Waals surface area contributed by atoms with Crippen molar-refractivity contribution < 1.29 is 31.1 Å². The quantitative estimate of drug-likeness (QED) is 0.754. The monoisotopic (exact) mass is 389 g/mol. The number of hydrogen-bond donors (Lipinski definition) is 2. The number of nitrogens with one attached hydrogen (secondary N) is 2. The SMILES string of the molecule is CC(C)(C)Nc1nc(NC(C)(C)C)nc(OC(C(F)(F)F)C(F)(F)F)n1. The lowest BCUT2D eigenvalue weighted by atomic mass is 10.1. The van der Waals surface area contributed by atoms with Crippen molar-refractivity contribution in [1.82, 2.24) is 15.0 Å². The number of rotatable bonds is 4. The van der Waals surface area contributed by atoms with Crippen molar-refractivity contribution in [1.29, 1.82) is 0 Å². The normalized spacial score (nSPS) is 13.7. The molecule has 1 aromatic rings. The maximum Gasteiger partial charge on any atom is 0.434 e. The van der Waals surface area contributed by atoms with Crippen LogP contribution in [-0.2, 0) is 0 Å². The van der Waals surface area contributed by atoms with E-state index in [4.69, 9.17) is 0 Å². The van der Waals surface area contributed by atoms with Crippen LogP contribution in [0.2, 0.25) is 0 Å². The molecule has 0 radical (unpaired) electrons. The Hall–Kier alpha value is -2.01. The molecule has 0 aliphatic rings. The minimum absolute atomic E-state index is 0.225. The Morgan fingerprint density at radius 1 is 0.692 bits per heavy atom. The maximum atomic E-state index is 12.7. The molecule has 6 nitrogen and oxygen atoms in total. The Labute approximate surface area is 146 Å². The lowest BCUT2D eigenvalue weighted by Gasteiger charge is -2.25. The highest BCUT2D eigenvalue weighted by Gasteiger charge is 2.59. The van der Waals surface area contributed by atoms with Gasteiger partial charge in [0.2, 0.25) is 11.9 Å². The summed E-state index contributed by atoms with van der Waals surface area (Å²) < 4.78 is 80.2. The fraction of sp³-hybridized carbons (Fsp3) is 0.786. The molecule has 0 spiro atoms. The van der Waals surface area contributed by atoms with E-state index in [9.17, 15) is 26.3 Å². The molecule has 0 amide bonds. The minimum Gasteiger partial charge on any atom is -0.440 e. The van der Waals surface area contributed by atoms with Crippen LogP contribution in [0.3, 0.4) is 0 Å². The van der Waals surface area contributed by atoms with Crippen LogP contribution >= 0.6 is 0 Å². The van der Waals surface area contributed by atoms with Crippen molar-refractivity contribution in [2.75, 3.05) is 10.6 Å². The van der Waals surface area contributed by atoms with Crippen molar-refractivity contribution >= 4 is 11.9 Å². The molecule has 0 fully saturated rings. The Kier molecular flexibility index (Phi) is 5.89. The van der Waals surface area contributed by atoms with E-state index in [-0.39, 0.29) is 11.9 Å². The zero-order chi connectivity index (χ0) is 20.6. The summed E-state index contributed by atoms with van der Waals surface area (Å²) in [7, 11) is 0. The molecule has 26 heavy (non-hydrogen) atoms. The molecule has 0 saturated carbocycles. The summed E-state index contributed by atoms with van der Waals surface area (Å²) in [5.41, 5.74) is -1.21. The van der Waals surface area contributed by atoms with Gasteiger partial charge in [0.15, 0.2) is 0 Å². The van der Waals surface area contributed by atoms with Gasteiger partial charge in [0.25, 0.3) is 6.10 Å². The molecule has 0 bridgehead atoms. The predicted octanol–water partition coefficient (Wildman–Crippen LogP) is 4.16. The fourth-order valence-corrected chi connectivity index (χ4v) is 1.62. The second kappa shape index (κ2) is 6.95. The number of hydrogen-bond acceptors (Lipinski definition) is 6. The number of ether oxygens (including phenoxy) is 1. The van der Waals surface area contributed by atoms with E-state index in [1.165, 1.54) is 0 Å². The van der Waals surface area contributed by atoms with Crippen molar-refractivity contribution in [3.63, 3.8) is 0 Å². The molecule has 0 saturated heterocycles. The average Bonchev–Trinajstić information content (AvgIpc) is 2.28. The van der Waals surface area contributed by atoms with E-state index in [1.807, 2.05) is 0 Å². The second-order valence-electron chi connectivity index (χ2n) is 7.60. The van der Waals surface area contributed by atoms with Gasteiger partial charge in [-0.05, 0) is 41.5 Å². The van der Waals surface area contributed by atoms with Crippen LogP contribution in [0, 0.1) is 0 Å². The second-order valence-corrected chi connectivity index (χ2v) is 7.60. The summed E-state index contributed by atoms with van der Waals surface area (Å²) in [6, 6.07) is -1.10. The summed E-state index contributed by atoms with van der Waals surface area (Å²) in [5.74, 6) is -0.449. The summed E-state index contributed by atoms with van der Waals surface area (Å²) in [6.45, 7) is 10.3. The number of nitrogens with zero attached hydrogens (tertiary/aromatic N) is 3. The van der Waals surface area contributed by atoms with Crippen LogP contribution in [0.25, 0.3) is 0 Å². The van der Waals surface area contributed by atoms with Gasteiger partial charge in [0.1, 0.15) is 0 Å². The Morgan fingerprint density at radius 3 is 1.31 bits per heavy atom. The van der Waals surface area contributed by atoms with E-state index in [0.717, 1.165) is 0 Å². The van der Waals surface area contributed by atoms with Crippen molar-refractivity contribution in [3.05, 3.63) is 0 Å². The zero-order valence-corrected chi connectivity index (χ0v) is 15.1. The third-order valence-electron chi connectivity index (χ3n) is 2.41. The highest BCUT2D eigenvalue weighted by molar-refractivity contribution is 5.38. The Bertz CT molecular complexity index is 570. The predicted molar refractivity (Wildman–Crippen MR) is 83.1 cm³/mol. The summed E-state index contributed by atoms with van der Waals surface area (Å²) in [6.07, 6.45) is -15.4. The van der Waals surface area contributed by atoms with E-state index in [1.54, 1.807) is 41.5 Å². The number of halogens is 6. The van der Waals surface area contributed by atoms with Gasteiger partial charge in [0.05, 0.1) is 0 Å². The molecule has 2 N–H and O–H groups in total. The van der Waals surface area contributed by atoms with Gasteiger partial charge >= 0.3 is 18.4 Å². The van der Waals surface area contributed by atoms with Gasteiger partial charge in [-0.1, -0.05) is 0 Å². The fourth-order valence-electron chi connectivity index (χ4n) is 1.62.